The summed E-state index contributed by atoms with van der Waals surface area (Å²) in [6, 6.07) is 14.1. The Labute approximate surface area is 133 Å². The molecular formula is C17H17N3OS. The van der Waals surface area contributed by atoms with E-state index in [2.05, 4.69) is 22.5 Å². The maximum Gasteiger partial charge on any atom is 0.255 e. The summed E-state index contributed by atoms with van der Waals surface area (Å²) < 4.78 is 1.83. The third-order valence-corrected chi connectivity index (χ3v) is 4.16. The van der Waals surface area contributed by atoms with Crippen molar-refractivity contribution in [3.05, 3.63) is 65.2 Å². The molecule has 22 heavy (non-hydrogen) atoms. The van der Waals surface area contributed by atoms with E-state index in [1.165, 1.54) is 0 Å². The van der Waals surface area contributed by atoms with Gasteiger partial charge < -0.3 is 5.32 Å². The first kappa shape index (κ1) is 14.5. The topological polar surface area (TPSA) is 46.9 Å². The van der Waals surface area contributed by atoms with Gasteiger partial charge in [-0.1, -0.05) is 36.4 Å². The lowest BCUT2D eigenvalue weighted by Crippen LogP contribution is -2.22. The third-order valence-electron chi connectivity index (χ3n) is 3.29. The number of hydrogen-bond donors (Lipinski definition) is 1. The minimum Gasteiger partial charge on any atom is -0.352 e. The van der Waals surface area contributed by atoms with E-state index in [0.29, 0.717) is 18.7 Å². The lowest BCUT2D eigenvalue weighted by Gasteiger charge is -2.00. The predicted octanol–water partition coefficient (Wildman–Crippen LogP) is 3.41. The molecule has 0 aliphatic carbocycles. The van der Waals surface area contributed by atoms with Crippen LogP contribution in [0, 0.1) is 0 Å². The highest BCUT2D eigenvalue weighted by molar-refractivity contribution is 7.13. The summed E-state index contributed by atoms with van der Waals surface area (Å²) in [5.41, 5.74) is 2.53. The van der Waals surface area contributed by atoms with Crippen LogP contribution >= 0.6 is 11.3 Å². The van der Waals surface area contributed by atoms with Gasteiger partial charge in [-0.2, -0.15) is 5.10 Å². The summed E-state index contributed by atoms with van der Waals surface area (Å²) in [5, 5.41) is 9.46. The number of nitrogens with one attached hydrogen (secondary N) is 1. The zero-order valence-corrected chi connectivity index (χ0v) is 13.1. The smallest absolute Gasteiger partial charge is 0.255 e. The molecule has 0 atom stereocenters. The summed E-state index contributed by atoms with van der Waals surface area (Å²) in [5.74, 6) is -0.0785. The molecule has 2 aromatic heterocycles. The van der Waals surface area contributed by atoms with Crippen molar-refractivity contribution in [1.29, 1.82) is 0 Å². The van der Waals surface area contributed by atoms with E-state index in [-0.39, 0.29) is 5.91 Å². The van der Waals surface area contributed by atoms with Crippen molar-refractivity contribution in [3.63, 3.8) is 0 Å². The summed E-state index contributed by atoms with van der Waals surface area (Å²) in [4.78, 5) is 13.3. The van der Waals surface area contributed by atoms with Crippen LogP contribution in [0.25, 0.3) is 10.6 Å². The Hall–Kier alpha value is -2.40. The van der Waals surface area contributed by atoms with Gasteiger partial charge in [0.25, 0.3) is 5.91 Å². The summed E-state index contributed by atoms with van der Waals surface area (Å²) in [6.07, 6.45) is 1.83. The van der Waals surface area contributed by atoms with Gasteiger partial charge in [-0.15, -0.1) is 11.3 Å². The average molecular weight is 311 g/mol. The molecule has 3 rings (SSSR count). The molecule has 0 bridgehead atoms. The summed E-state index contributed by atoms with van der Waals surface area (Å²) in [6.45, 7) is 3.17. The Morgan fingerprint density at radius 1 is 1.23 bits per heavy atom. The van der Waals surface area contributed by atoms with Crippen LogP contribution in [0.3, 0.4) is 0 Å². The molecule has 112 valence electrons. The molecule has 4 nitrogen and oxygen atoms in total. The molecule has 0 saturated heterocycles. The number of amides is 1. The van der Waals surface area contributed by atoms with Crippen molar-refractivity contribution in [2.24, 2.45) is 0 Å². The SMILES string of the molecule is CCNC(=O)c1cn(Cc2ccccc2)nc1-c1cccs1. The second kappa shape index (κ2) is 6.58. The second-order valence-corrected chi connectivity index (χ2v) is 5.86. The molecule has 3 aromatic rings. The van der Waals surface area contributed by atoms with Gasteiger partial charge in [0.1, 0.15) is 5.69 Å². The molecule has 2 heterocycles. The van der Waals surface area contributed by atoms with Gasteiger partial charge in [0.15, 0.2) is 0 Å². The molecule has 0 fully saturated rings. The van der Waals surface area contributed by atoms with Crippen LogP contribution in [-0.4, -0.2) is 22.2 Å². The summed E-state index contributed by atoms with van der Waals surface area (Å²) >= 11 is 1.59. The number of aromatic nitrogens is 2. The molecule has 0 radical (unpaired) electrons. The van der Waals surface area contributed by atoms with Gasteiger partial charge in [-0.3, -0.25) is 9.48 Å². The lowest BCUT2D eigenvalue weighted by molar-refractivity contribution is 0.0956. The first-order valence-electron chi connectivity index (χ1n) is 7.21. The van der Waals surface area contributed by atoms with Crippen molar-refractivity contribution in [3.8, 4) is 10.6 Å². The fraction of sp³-hybridized carbons (Fsp3) is 0.176. The van der Waals surface area contributed by atoms with E-state index >= 15 is 0 Å². The van der Waals surface area contributed by atoms with Crippen molar-refractivity contribution < 1.29 is 4.79 Å². The van der Waals surface area contributed by atoms with Crippen molar-refractivity contribution in [1.82, 2.24) is 15.1 Å². The van der Waals surface area contributed by atoms with Crippen molar-refractivity contribution >= 4 is 17.2 Å². The molecule has 0 saturated carbocycles. The van der Waals surface area contributed by atoms with Crippen molar-refractivity contribution in [2.45, 2.75) is 13.5 Å². The lowest BCUT2D eigenvalue weighted by atomic mass is 10.2. The van der Waals surface area contributed by atoms with Crippen LogP contribution in [0.15, 0.2) is 54.0 Å². The molecule has 0 unspecified atom stereocenters. The van der Waals surface area contributed by atoms with E-state index in [1.54, 1.807) is 11.3 Å². The van der Waals surface area contributed by atoms with Crippen LogP contribution in [-0.2, 0) is 6.54 Å². The first-order valence-corrected chi connectivity index (χ1v) is 8.09. The Bertz CT molecular complexity index is 748. The summed E-state index contributed by atoms with van der Waals surface area (Å²) in [7, 11) is 0. The number of hydrogen-bond acceptors (Lipinski definition) is 3. The molecule has 1 amide bonds. The highest BCUT2D eigenvalue weighted by atomic mass is 32.1. The van der Waals surface area contributed by atoms with Crippen LogP contribution < -0.4 is 5.32 Å². The largest absolute Gasteiger partial charge is 0.352 e. The number of thiophene rings is 1. The monoisotopic (exact) mass is 311 g/mol. The number of nitrogens with zero attached hydrogens (tertiary/aromatic N) is 2. The van der Waals surface area contributed by atoms with E-state index in [4.69, 9.17) is 0 Å². The molecule has 5 heteroatoms. The highest BCUT2D eigenvalue weighted by Crippen LogP contribution is 2.26. The Balaban J connectivity index is 1.96. The van der Waals surface area contributed by atoms with Crippen molar-refractivity contribution in [2.75, 3.05) is 6.54 Å². The van der Waals surface area contributed by atoms with E-state index in [9.17, 15) is 4.79 Å². The Morgan fingerprint density at radius 3 is 2.73 bits per heavy atom. The number of rotatable bonds is 5. The maximum absolute atomic E-state index is 12.3. The quantitative estimate of drug-likeness (QED) is 0.785. The third kappa shape index (κ3) is 3.09. The second-order valence-electron chi connectivity index (χ2n) is 4.91. The first-order chi connectivity index (χ1) is 10.8. The van der Waals surface area contributed by atoms with Gasteiger partial charge in [-0.05, 0) is 23.9 Å². The van der Waals surface area contributed by atoms with Gasteiger partial charge in [0.05, 0.1) is 17.0 Å². The Morgan fingerprint density at radius 2 is 2.05 bits per heavy atom. The molecular weight excluding hydrogens is 294 g/mol. The fourth-order valence-electron chi connectivity index (χ4n) is 2.29. The maximum atomic E-state index is 12.3. The molecule has 1 aromatic carbocycles. The zero-order valence-electron chi connectivity index (χ0n) is 12.3. The standard InChI is InChI=1S/C17H17N3OS/c1-2-18-17(21)14-12-20(11-13-7-4-3-5-8-13)19-16(14)15-9-6-10-22-15/h3-10,12H,2,11H2,1H3,(H,18,21). The normalized spacial score (nSPS) is 10.6. The van der Waals surface area contributed by atoms with Gasteiger partial charge in [-0.25, -0.2) is 0 Å². The van der Waals surface area contributed by atoms with Gasteiger partial charge in [0, 0.05) is 12.7 Å². The van der Waals surface area contributed by atoms with Crippen LogP contribution in [0.5, 0.6) is 0 Å². The van der Waals surface area contributed by atoms with Gasteiger partial charge >= 0.3 is 0 Å². The molecule has 0 aliphatic heterocycles. The fourth-order valence-corrected chi connectivity index (χ4v) is 3.01. The number of benzene rings is 1. The van der Waals surface area contributed by atoms with E-state index in [1.807, 2.05) is 53.5 Å². The van der Waals surface area contributed by atoms with E-state index < -0.39 is 0 Å². The number of carbonyl (C=O) groups excluding carboxylic acids is 1. The molecule has 0 spiro atoms. The number of carbonyl (C=O) groups is 1. The van der Waals surface area contributed by atoms with Crippen LogP contribution in [0.4, 0.5) is 0 Å². The predicted molar refractivity (Wildman–Crippen MR) is 89.1 cm³/mol. The average Bonchev–Trinajstić information content (AvgIpc) is 3.17. The Kier molecular flexibility index (Phi) is 4.34. The molecule has 0 aliphatic rings. The minimum atomic E-state index is -0.0785. The zero-order chi connectivity index (χ0) is 15.4. The van der Waals surface area contributed by atoms with Crippen LogP contribution in [0.1, 0.15) is 22.8 Å². The molecule has 1 N–H and O–H groups in total. The minimum absolute atomic E-state index is 0.0785. The van der Waals surface area contributed by atoms with Gasteiger partial charge in [0.2, 0.25) is 0 Å². The highest BCUT2D eigenvalue weighted by Gasteiger charge is 2.18. The van der Waals surface area contributed by atoms with E-state index in [0.717, 1.165) is 16.1 Å². The van der Waals surface area contributed by atoms with Crippen LogP contribution in [0.2, 0.25) is 0 Å².